The molecule has 1 aromatic carbocycles. The summed E-state index contributed by atoms with van der Waals surface area (Å²) in [7, 11) is 0. The summed E-state index contributed by atoms with van der Waals surface area (Å²) < 4.78 is 0. The maximum Gasteiger partial charge on any atom is 0.248 e. The van der Waals surface area contributed by atoms with Crippen LogP contribution in [0.15, 0.2) is 42.6 Å². The lowest BCUT2D eigenvalue weighted by atomic mass is 10.2. The highest BCUT2D eigenvalue weighted by atomic mass is 35.5. The van der Waals surface area contributed by atoms with E-state index in [4.69, 9.17) is 17.3 Å². The fourth-order valence-corrected chi connectivity index (χ4v) is 1.74. The molecular weight excluding hydrogens is 274 g/mol. The van der Waals surface area contributed by atoms with Crippen LogP contribution in [0.2, 0.25) is 5.15 Å². The molecule has 0 radical (unpaired) electrons. The molecule has 0 aliphatic carbocycles. The number of nitrogen functional groups attached to an aromatic ring is 1. The standard InChI is InChI=1S/C15H14ClN3O/c1-10-8-13(15(16)18-9-10)19-14(20)7-4-11-2-5-12(17)6-3-11/h2-9H,17H2,1H3,(H,19,20)/b7-4+. The summed E-state index contributed by atoms with van der Waals surface area (Å²) >= 11 is 5.91. The number of aromatic nitrogens is 1. The molecule has 0 bridgehead atoms. The molecule has 0 unspecified atom stereocenters. The van der Waals surface area contributed by atoms with E-state index in [0.717, 1.165) is 11.1 Å². The number of carbonyl (C=O) groups is 1. The van der Waals surface area contributed by atoms with Crippen molar-refractivity contribution in [2.45, 2.75) is 6.92 Å². The van der Waals surface area contributed by atoms with Crippen LogP contribution in [0, 0.1) is 6.92 Å². The highest BCUT2D eigenvalue weighted by molar-refractivity contribution is 6.32. The van der Waals surface area contributed by atoms with Crippen molar-refractivity contribution in [1.29, 1.82) is 0 Å². The molecule has 1 heterocycles. The lowest BCUT2D eigenvalue weighted by molar-refractivity contribution is -0.111. The smallest absolute Gasteiger partial charge is 0.248 e. The predicted octanol–water partition coefficient (Wildman–Crippen LogP) is 3.28. The van der Waals surface area contributed by atoms with Gasteiger partial charge in [0.1, 0.15) is 0 Å². The summed E-state index contributed by atoms with van der Waals surface area (Å²) in [6.45, 7) is 1.88. The zero-order valence-corrected chi connectivity index (χ0v) is 11.7. The van der Waals surface area contributed by atoms with Gasteiger partial charge in [-0.1, -0.05) is 23.7 Å². The van der Waals surface area contributed by atoms with Crippen molar-refractivity contribution < 1.29 is 4.79 Å². The van der Waals surface area contributed by atoms with Crippen LogP contribution in [-0.2, 0) is 4.79 Å². The van der Waals surface area contributed by atoms with Crippen LogP contribution in [0.3, 0.4) is 0 Å². The molecule has 2 rings (SSSR count). The quantitative estimate of drug-likeness (QED) is 0.517. The van der Waals surface area contributed by atoms with E-state index in [1.165, 1.54) is 6.08 Å². The van der Waals surface area contributed by atoms with Gasteiger partial charge < -0.3 is 11.1 Å². The minimum atomic E-state index is -0.267. The maximum atomic E-state index is 11.8. The third-order valence-corrected chi connectivity index (χ3v) is 2.90. The number of rotatable bonds is 3. The van der Waals surface area contributed by atoms with Crippen LogP contribution in [0.1, 0.15) is 11.1 Å². The molecule has 0 aliphatic rings. The Morgan fingerprint density at radius 2 is 2.05 bits per heavy atom. The summed E-state index contributed by atoms with van der Waals surface area (Å²) in [5.41, 5.74) is 8.59. The number of anilines is 2. The van der Waals surface area contributed by atoms with Gasteiger partial charge in [0.2, 0.25) is 5.91 Å². The topological polar surface area (TPSA) is 68.0 Å². The Kier molecular flexibility index (Phi) is 4.38. The number of nitrogens with one attached hydrogen (secondary N) is 1. The number of amides is 1. The van der Waals surface area contributed by atoms with Crippen molar-refractivity contribution in [2.75, 3.05) is 11.1 Å². The molecule has 4 nitrogen and oxygen atoms in total. The monoisotopic (exact) mass is 287 g/mol. The second-order valence-corrected chi connectivity index (χ2v) is 4.70. The van der Waals surface area contributed by atoms with Crippen molar-refractivity contribution in [2.24, 2.45) is 0 Å². The maximum absolute atomic E-state index is 11.8. The van der Waals surface area contributed by atoms with Crippen LogP contribution in [0.25, 0.3) is 6.08 Å². The Hall–Kier alpha value is -2.33. The predicted molar refractivity (Wildman–Crippen MR) is 82.5 cm³/mol. The minimum Gasteiger partial charge on any atom is -0.399 e. The number of aryl methyl sites for hydroxylation is 1. The van der Waals surface area contributed by atoms with Crippen LogP contribution >= 0.6 is 11.6 Å². The number of hydrogen-bond acceptors (Lipinski definition) is 3. The summed E-state index contributed by atoms with van der Waals surface area (Å²) in [6, 6.07) is 8.99. The van der Waals surface area contributed by atoms with Gasteiger partial charge in [-0.2, -0.15) is 0 Å². The molecule has 0 atom stereocenters. The van der Waals surface area contributed by atoms with Gasteiger partial charge >= 0.3 is 0 Å². The molecule has 2 aromatic rings. The molecule has 0 fully saturated rings. The Morgan fingerprint density at radius 3 is 2.75 bits per heavy atom. The number of nitrogens with zero attached hydrogens (tertiary/aromatic N) is 1. The number of nitrogens with two attached hydrogens (primary N) is 1. The van der Waals surface area contributed by atoms with E-state index >= 15 is 0 Å². The number of pyridine rings is 1. The lowest BCUT2D eigenvalue weighted by Crippen LogP contribution is -2.08. The van der Waals surface area contributed by atoms with Crippen LogP contribution < -0.4 is 11.1 Å². The van der Waals surface area contributed by atoms with E-state index in [2.05, 4.69) is 10.3 Å². The Morgan fingerprint density at radius 1 is 1.35 bits per heavy atom. The molecule has 20 heavy (non-hydrogen) atoms. The molecular formula is C15H14ClN3O. The average molecular weight is 288 g/mol. The lowest BCUT2D eigenvalue weighted by Gasteiger charge is -2.04. The first kappa shape index (κ1) is 14.1. The van der Waals surface area contributed by atoms with E-state index in [1.54, 1.807) is 30.5 Å². The van der Waals surface area contributed by atoms with Gasteiger partial charge in [-0.05, 0) is 42.3 Å². The molecule has 1 aromatic heterocycles. The van der Waals surface area contributed by atoms with Crippen LogP contribution in [0.4, 0.5) is 11.4 Å². The Labute approximate surface area is 122 Å². The average Bonchev–Trinajstić information content (AvgIpc) is 2.42. The van der Waals surface area contributed by atoms with Crippen molar-refractivity contribution in [3.63, 3.8) is 0 Å². The molecule has 5 heteroatoms. The van der Waals surface area contributed by atoms with Gasteiger partial charge in [0.05, 0.1) is 5.69 Å². The molecule has 0 aliphatic heterocycles. The highest BCUT2D eigenvalue weighted by Gasteiger charge is 2.04. The largest absolute Gasteiger partial charge is 0.399 e. The Balaban J connectivity index is 2.05. The van der Waals surface area contributed by atoms with Crippen LogP contribution in [0.5, 0.6) is 0 Å². The summed E-state index contributed by atoms with van der Waals surface area (Å²) in [5, 5.41) is 2.96. The second kappa shape index (κ2) is 6.21. The van der Waals surface area contributed by atoms with E-state index < -0.39 is 0 Å². The van der Waals surface area contributed by atoms with Crippen molar-refractivity contribution >= 4 is 35.0 Å². The molecule has 0 saturated heterocycles. The Bertz CT molecular complexity index is 651. The molecule has 1 amide bonds. The fourth-order valence-electron chi connectivity index (χ4n) is 1.59. The minimum absolute atomic E-state index is 0.267. The third kappa shape index (κ3) is 3.83. The normalized spacial score (nSPS) is 10.7. The molecule has 102 valence electrons. The zero-order valence-electron chi connectivity index (χ0n) is 10.9. The first-order valence-electron chi connectivity index (χ1n) is 6.01. The van der Waals surface area contributed by atoms with E-state index in [9.17, 15) is 4.79 Å². The van der Waals surface area contributed by atoms with E-state index in [-0.39, 0.29) is 11.1 Å². The number of hydrogen-bond donors (Lipinski definition) is 2. The van der Waals surface area contributed by atoms with Gasteiger partial charge in [-0.3, -0.25) is 4.79 Å². The van der Waals surface area contributed by atoms with Crippen molar-refractivity contribution in [3.8, 4) is 0 Å². The summed E-state index contributed by atoms with van der Waals surface area (Å²) in [5.74, 6) is -0.267. The van der Waals surface area contributed by atoms with Gasteiger partial charge in [0.25, 0.3) is 0 Å². The fraction of sp³-hybridized carbons (Fsp3) is 0.0667. The first-order chi connectivity index (χ1) is 9.54. The van der Waals surface area contributed by atoms with E-state index in [1.807, 2.05) is 19.1 Å². The van der Waals surface area contributed by atoms with Crippen molar-refractivity contribution in [3.05, 3.63) is 58.9 Å². The highest BCUT2D eigenvalue weighted by Crippen LogP contribution is 2.19. The first-order valence-corrected chi connectivity index (χ1v) is 6.39. The number of benzene rings is 1. The number of halogens is 1. The third-order valence-electron chi connectivity index (χ3n) is 2.60. The summed E-state index contributed by atoms with van der Waals surface area (Å²) in [6.07, 6.45) is 4.78. The van der Waals surface area contributed by atoms with Gasteiger partial charge in [0.15, 0.2) is 5.15 Å². The van der Waals surface area contributed by atoms with Gasteiger partial charge in [0, 0.05) is 18.0 Å². The molecule has 3 N–H and O–H groups in total. The van der Waals surface area contributed by atoms with Gasteiger partial charge in [-0.25, -0.2) is 4.98 Å². The van der Waals surface area contributed by atoms with E-state index in [0.29, 0.717) is 11.4 Å². The molecule has 0 spiro atoms. The zero-order chi connectivity index (χ0) is 14.5. The SMILES string of the molecule is Cc1cnc(Cl)c(NC(=O)/C=C/c2ccc(N)cc2)c1. The van der Waals surface area contributed by atoms with Gasteiger partial charge in [-0.15, -0.1) is 0 Å². The van der Waals surface area contributed by atoms with Crippen LogP contribution in [-0.4, -0.2) is 10.9 Å². The molecule has 0 saturated carbocycles. The second-order valence-electron chi connectivity index (χ2n) is 4.34. The van der Waals surface area contributed by atoms with Crippen molar-refractivity contribution in [1.82, 2.24) is 4.98 Å². The summed E-state index contributed by atoms with van der Waals surface area (Å²) in [4.78, 5) is 15.8. The number of carbonyl (C=O) groups excluding carboxylic acids is 1.